The van der Waals surface area contributed by atoms with Crippen LogP contribution in [-0.4, -0.2) is 96.7 Å². The zero-order valence-electron chi connectivity index (χ0n) is 56.6. The normalized spacial score (nSPS) is 15.0. The SMILES string of the molecule is CCC(C)CCCCCCCCCCC(=O)OC[C@H](COP(=O)(O)OC[C@@H](O)COP(=O)(O)OC[C@@H](COC(=O)CCCCCCCCC(C)C)OC(=O)CCCCCCCCCCCCCCCC(C)C)OC(=O)CCCCCCCCC(C)CC. The van der Waals surface area contributed by atoms with Gasteiger partial charge in [-0.2, -0.15) is 0 Å². The van der Waals surface area contributed by atoms with E-state index in [2.05, 4.69) is 55.4 Å². The zero-order chi connectivity index (χ0) is 64.7. The van der Waals surface area contributed by atoms with Crippen LogP contribution in [0.25, 0.3) is 0 Å². The summed E-state index contributed by atoms with van der Waals surface area (Å²) in [7, 11) is -9.90. The second-order valence-electron chi connectivity index (χ2n) is 26.0. The van der Waals surface area contributed by atoms with Crippen molar-refractivity contribution in [1.29, 1.82) is 0 Å². The molecule has 87 heavy (non-hydrogen) atoms. The van der Waals surface area contributed by atoms with E-state index in [9.17, 15) is 43.2 Å². The Morgan fingerprint density at radius 3 is 0.816 bits per heavy atom. The largest absolute Gasteiger partial charge is 0.472 e. The number of carbonyl (C=O) groups is 4. The first kappa shape index (κ1) is 85.1. The average Bonchev–Trinajstić information content (AvgIpc) is 3.60. The highest BCUT2D eigenvalue weighted by molar-refractivity contribution is 7.47. The minimum atomic E-state index is -4.95. The third-order valence-electron chi connectivity index (χ3n) is 16.3. The van der Waals surface area contributed by atoms with Crippen LogP contribution in [0.5, 0.6) is 0 Å². The number of phosphoric ester groups is 2. The van der Waals surface area contributed by atoms with E-state index in [4.69, 9.17) is 37.0 Å². The minimum Gasteiger partial charge on any atom is -0.462 e. The van der Waals surface area contributed by atoms with E-state index in [0.29, 0.717) is 31.6 Å². The number of unbranched alkanes of at least 4 members (excludes halogenated alkanes) is 29. The Balaban J connectivity index is 5.23. The quantitative estimate of drug-likeness (QED) is 0.0222. The summed E-state index contributed by atoms with van der Waals surface area (Å²) >= 11 is 0. The molecule has 0 aromatic heterocycles. The molecule has 0 rings (SSSR count). The van der Waals surface area contributed by atoms with Crippen LogP contribution in [0.1, 0.15) is 331 Å². The third kappa shape index (κ3) is 60.1. The summed E-state index contributed by atoms with van der Waals surface area (Å²) in [6.45, 7) is 14.0. The number of aliphatic hydroxyl groups is 1. The Morgan fingerprint density at radius 2 is 0.552 bits per heavy atom. The van der Waals surface area contributed by atoms with E-state index in [1.54, 1.807) is 0 Å². The van der Waals surface area contributed by atoms with Gasteiger partial charge in [-0.1, -0.05) is 280 Å². The third-order valence-corrected chi connectivity index (χ3v) is 18.2. The second-order valence-corrected chi connectivity index (χ2v) is 28.9. The highest BCUT2D eigenvalue weighted by atomic mass is 31.2. The molecule has 0 spiro atoms. The highest BCUT2D eigenvalue weighted by Gasteiger charge is 2.30. The minimum absolute atomic E-state index is 0.102. The van der Waals surface area contributed by atoms with Crippen molar-refractivity contribution < 1.29 is 80.2 Å². The van der Waals surface area contributed by atoms with Gasteiger partial charge < -0.3 is 33.8 Å². The molecule has 0 aliphatic rings. The Bertz CT molecular complexity index is 1730. The first-order valence-corrected chi connectivity index (χ1v) is 38.3. The lowest BCUT2D eigenvalue weighted by molar-refractivity contribution is -0.161. The topological polar surface area (TPSA) is 237 Å². The van der Waals surface area contributed by atoms with Crippen LogP contribution in [0.4, 0.5) is 0 Å². The molecule has 19 heteroatoms. The maximum atomic E-state index is 13.0. The fraction of sp³-hybridized carbons (Fsp3) is 0.941. The second kappa shape index (κ2) is 57.9. The number of hydrogen-bond acceptors (Lipinski definition) is 15. The molecule has 516 valence electrons. The summed E-state index contributed by atoms with van der Waals surface area (Å²) in [6, 6.07) is 0. The molecule has 3 N–H and O–H groups in total. The number of phosphoric acid groups is 2. The van der Waals surface area contributed by atoms with Crippen LogP contribution in [0, 0.1) is 23.7 Å². The van der Waals surface area contributed by atoms with Crippen molar-refractivity contribution in [3.8, 4) is 0 Å². The van der Waals surface area contributed by atoms with Gasteiger partial charge in [0.25, 0.3) is 0 Å². The predicted molar refractivity (Wildman–Crippen MR) is 349 cm³/mol. The molecule has 0 amide bonds. The van der Waals surface area contributed by atoms with Crippen molar-refractivity contribution in [3.63, 3.8) is 0 Å². The summed E-state index contributed by atoms with van der Waals surface area (Å²) in [4.78, 5) is 72.4. The average molecular weight is 1280 g/mol. The maximum absolute atomic E-state index is 13.0. The number of esters is 4. The lowest BCUT2D eigenvalue weighted by atomic mass is 9.99. The smallest absolute Gasteiger partial charge is 0.462 e. The van der Waals surface area contributed by atoms with Gasteiger partial charge in [-0.15, -0.1) is 0 Å². The molecule has 17 nitrogen and oxygen atoms in total. The molecular weight excluding hydrogens is 1150 g/mol. The fourth-order valence-electron chi connectivity index (χ4n) is 10.1. The van der Waals surface area contributed by atoms with Gasteiger partial charge >= 0.3 is 39.5 Å². The molecule has 7 atom stereocenters. The van der Waals surface area contributed by atoms with E-state index < -0.39 is 97.5 Å². The Kier molecular flexibility index (Phi) is 56.6. The van der Waals surface area contributed by atoms with Crippen molar-refractivity contribution in [2.45, 2.75) is 350 Å². The van der Waals surface area contributed by atoms with Gasteiger partial charge in [-0.3, -0.25) is 37.3 Å². The number of aliphatic hydroxyl groups excluding tert-OH is 1. The van der Waals surface area contributed by atoms with Crippen LogP contribution in [0.3, 0.4) is 0 Å². The molecule has 0 radical (unpaired) electrons. The molecule has 4 unspecified atom stereocenters. The van der Waals surface area contributed by atoms with Gasteiger partial charge in [0.2, 0.25) is 0 Å². The molecule has 0 aliphatic carbocycles. The summed E-state index contributed by atoms with van der Waals surface area (Å²) in [5.74, 6) is 0.827. The van der Waals surface area contributed by atoms with Crippen molar-refractivity contribution in [3.05, 3.63) is 0 Å². The molecule has 0 saturated heterocycles. The van der Waals surface area contributed by atoms with Crippen molar-refractivity contribution in [2.24, 2.45) is 23.7 Å². The van der Waals surface area contributed by atoms with E-state index in [1.807, 2.05) is 0 Å². The summed E-state index contributed by atoms with van der Waals surface area (Å²) < 4.78 is 68.1. The zero-order valence-corrected chi connectivity index (χ0v) is 58.4. The lowest BCUT2D eigenvalue weighted by Gasteiger charge is -2.21. The molecule has 0 fully saturated rings. The summed E-state index contributed by atoms with van der Waals surface area (Å²) in [5, 5.41) is 10.6. The Hall–Kier alpha value is -1.94. The monoisotopic (exact) mass is 1280 g/mol. The number of ether oxygens (including phenoxy) is 4. The van der Waals surface area contributed by atoms with E-state index in [0.717, 1.165) is 114 Å². The molecule has 0 bridgehead atoms. The van der Waals surface area contributed by atoms with E-state index in [1.165, 1.54) is 128 Å². The van der Waals surface area contributed by atoms with Crippen LogP contribution in [-0.2, 0) is 65.4 Å². The fourth-order valence-corrected chi connectivity index (χ4v) is 11.7. The Morgan fingerprint density at radius 1 is 0.322 bits per heavy atom. The first-order chi connectivity index (χ1) is 41.7. The van der Waals surface area contributed by atoms with E-state index >= 15 is 0 Å². The highest BCUT2D eigenvalue weighted by Crippen LogP contribution is 2.45. The summed E-state index contributed by atoms with van der Waals surface area (Å²) in [5.41, 5.74) is 0. The van der Waals surface area contributed by atoms with E-state index in [-0.39, 0.29) is 25.7 Å². The van der Waals surface area contributed by atoms with Crippen LogP contribution in [0.15, 0.2) is 0 Å². The van der Waals surface area contributed by atoms with Gasteiger partial charge in [0.05, 0.1) is 26.4 Å². The van der Waals surface area contributed by atoms with Gasteiger partial charge in [-0.05, 0) is 49.4 Å². The van der Waals surface area contributed by atoms with Gasteiger partial charge in [-0.25, -0.2) is 9.13 Å². The van der Waals surface area contributed by atoms with Gasteiger partial charge in [0.1, 0.15) is 19.3 Å². The first-order valence-electron chi connectivity index (χ1n) is 35.3. The standard InChI is InChI=1S/C68H132O17P2/c1-9-60(7)46-38-30-21-18-19-22-32-40-48-65(70)78-54-64(85-68(73)51-43-35-27-25-31-39-47-61(8)10-2)57-83-87(76,77)81-53-62(69)52-80-86(74,75)82-56-63(55-79-66(71)49-41-33-26-24-29-37-45-59(5)6)84-67(72)50-42-34-23-17-15-13-11-12-14-16-20-28-36-44-58(3)4/h58-64,69H,9-57H2,1-8H3,(H,74,75)(H,76,77)/t60?,61?,62-,63+,64+/m0/s1. The van der Waals surface area contributed by atoms with Gasteiger partial charge in [0.15, 0.2) is 12.2 Å². The number of carbonyl (C=O) groups excluding carboxylic acids is 4. The van der Waals surface area contributed by atoms with Crippen molar-refractivity contribution in [2.75, 3.05) is 39.6 Å². The molecule has 0 heterocycles. The molecular formula is C68H132O17P2. The van der Waals surface area contributed by atoms with Crippen LogP contribution < -0.4 is 0 Å². The molecule has 0 aromatic rings. The predicted octanol–water partition coefficient (Wildman–Crippen LogP) is 18.9. The molecule has 0 aliphatic heterocycles. The number of rotatable bonds is 65. The van der Waals surface area contributed by atoms with Crippen LogP contribution in [0.2, 0.25) is 0 Å². The van der Waals surface area contributed by atoms with Crippen molar-refractivity contribution in [1.82, 2.24) is 0 Å². The maximum Gasteiger partial charge on any atom is 0.472 e. The van der Waals surface area contributed by atoms with Gasteiger partial charge in [0, 0.05) is 25.7 Å². The molecule has 0 aromatic carbocycles. The molecule has 0 saturated carbocycles. The summed E-state index contributed by atoms with van der Waals surface area (Å²) in [6.07, 6.45) is 39.1. The van der Waals surface area contributed by atoms with Crippen LogP contribution >= 0.6 is 15.6 Å². The lowest BCUT2D eigenvalue weighted by Crippen LogP contribution is -2.30. The Labute approximate surface area is 530 Å². The van der Waals surface area contributed by atoms with Crippen molar-refractivity contribution >= 4 is 39.5 Å². The number of hydrogen-bond donors (Lipinski definition) is 3.